The molecule has 1 saturated carbocycles. The number of nitrogens with one attached hydrogen (secondary N) is 1. The van der Waals surface area contributed by atoms with Crippen LogP contribution in [0.3, 0.4) is 0 Å². The predicted octanol–water partition coefficient (Wildman–Crippen LogP) is 4.65. The molecule has 1 unspecified atom stereocenters. The van der Waals surface area contributed by atoms with Gasteiger partial charge in [0.2, 0.25) is 0 Å². The number of hydrogen-bond donors (Lipinski definition) is 1. The number of aryl methyl sites for hydroxylation is 1. The standard InChI is InChI=1S/C17H27NS/c1-3-18-16(12-15-8-4-5-9-15)13-19-17-10-6-7-14(2)11-17/h6-7,10-11,15-16,18H,3-5,8-9,12-13H2,1-2H3. The Labute approximate surface area is 122 Å². The van der Waals surface area contributed by atoms with E-state index in [1.54, 1.807) is 0 Å². The highest BCUT2D eigenvalue weighted by atomic mass is 32.2. The van der Waals surface area contributed by atoms with E-state index in [4.69, 9.17) is 0 Å². The average molecular weight is 277 g/mol. The second kappa shape index (κ2) is 7.96. The van der Waals surface area contributed by atoms with Crippen molar-refractivity contribution in [1.29, 1.82) is 0 Å². The molecule has 1 N–H and O–H groups in total. The third kappa shape index (κ3) is 5.19. The molecular weight excluding hydrogens is 250 g/mol. The Morgan fingerprint density at radius 2 is 2.11 bits per heavy atom. The van der Waals surface area contributed by atoms with Gasteiger partial charge in [-0.2, -0.15) is 0 Å². The van der Waals surface area contributed by atoms with Gasteiger partial charge < -0.3 is 5.32 Å². The van der Waals surface area contributed by atoms with Gasteiger partial charge in [-0.15, -0.1) is 11.8 Å². The molecule has 0 amide bonds. The molecule has 0 aromatic heterocycles. The van der Waals surface area contributed by atoms with Gasteiger partial charge >= 0.3 is 0 Å². The summed E-state index contributed by atoms with van der Waals surface area (Å²) in [5, 5.41) is 3.67. The monoisotopic (exact) mass is 277 g/mol. The Bertz CT molecular complexity index is 371. The van der Waals surface area contributed by atoms with E-state index in [0.29, 0.717) is 6.04 Å². The first kappa shape index (κ1) is 14.9. The lowest BCUT2D eigenvalue weighted by Crippen LogP contribution is -2.32. The van der Waals surface area contributed by atoms with Crippen LogP contribution in [0, 0.1) is 12.8 Å². The number of hydrogen-bond acceptors (Lipinski definition) is 2. The van der Waals surface area contributed by atoms with Crippen LogP contribution in [-0.2, 0) is 0 Å². The van der Waals surface area contributed by atoms with E-state index in [9.17, 15) is 0 Å². The molecule has 1 aliphatic carbocycles. The Kier molecular flexibility index (Phi) is 6.25. The van der Waals surface area contributed by atoms with Gasteiger partial charge in [0.05, 0.1) is 0 Å². The molecule has 1 aliphatic rings. The van der Waals surface area contributed by atoms with Crippen molar-refractivity contribution in [3.8, 4) is 0 Å². The molecule has 19 heavy (non-hydrogen) atoms. The number of rotatable bonds is 7. The summed E-state index contributed by atoms with van der Waals surface area (Å²) in [5.41, 5.74) is 1.36. The predicted molar refractivity (Wildman–Crippen MR) is 85.9 cm³/mol. The maximum atomic E-state index is 3.67. The fourth-order valence-corrected chi connectivity index (χ4v) is 4.14. The SMILES string of the molecule is CCNC(CSc1cccc(C)c1)CC1CCCC1. The molecule has 0 aliphatic heterocycles. The zero-order valence-electron chi connectivity index (χ0n) is 12.3. The molecule has 2 heteroatoms. The first-order chi connectivity index (χ1) is 9.28. The molecule has 0 bridgehead atoms. The van der Waals surface area contributed by atoms with Crippen LogP contribution < -0.4 is 5.32 Å². The fraction of sp³-hybridized carbons (Fsp3) is 0.647. The zero-order chi connectivity index (χ0) is 13.5. The molecule has 1 aromatic carbocycles. The molecule has 1 aromatic rings. The Balaban J connectivity index is 1.82. The van der Waals surface area contributed by atoms with Crippen molar-refractivity contribution in [3.05, 3.63) is 29.8 Å². The van der Waals surface area contributed by atoms with Crippen LogP contribution >= 0.6 is 11.8 Å². The lowest BCUT2D eigenvalue weighted by molar-refractivity contribution is 0.415. The van der Waals surface area contributed by atoms with Crippen molar-refractivity contribution in [1.82, 2.24) is 5.32 Å². The summed E-state index contributed by atoms with van der Waals surface area (Å²) in [4.78, 5) is 1.41. The topological polar surface area (TPSA) is 12.0 Å². The number of benzene rings is 1. The van der Waals surface area contributed by atoms with E-state index in [2.05, 4.69) is 43.4 Å². The molecule has 1 atom stereocenters. The van der Waals surface area contributed by atoms with Crippen molar-refractivity contribution >= 4 is 11.8 Å². The lowest BCUT2D eigenvalue weighted by Gasteiger charge is -2.21. The highest BCUT2D eigenvalue weighted by molar-refractivity contribution is 7.99. The Hall–Kier alpha value is -0.470. The summed E-state index contributed by atoms with van der Waals surface area (Å²) in [6, 6.07) is 9.54. The van der Waals surface area contributed by atoms with Crippen LogP contribution in [0.4, 0.5) is 0 Å². The molecule has 1 fully saturated rings. The van der Waals surface area contributed by atoms with Crippen LogP contribution in [0.5, 0.6) is 0 Å². The summed E-state index contributed by atoms with van der Waals surface area (Å²) >= 11 is 2.00. The van der Waals surface area contributed by atoms with Crippen LogP contribution in [0.1, 0.15) is 44.6 Å². The first-order valence-electron chi connectivity index (χ1n) is 7.70. The normalized spacial score (nSPS) is 17.8. The van der Waals surface area contributed by atoms with E-state index in [1.807, 2.05) is 11.8 Å². The second-order valence-electron chi connectivity index (χ2n) is 5.77. The lowest BCUT2D eigenvalue weighted by atomic mass is 9.99. The largest absolute Gasteiger partial charge is 0.313 e. The van der Waals surface area contributed by atoms with Gasteiger partial charge in [0, 0.05) is 16.7 Å². The quantitative estimate of drug-likeness (QED) is 0.728. The van der Waals surface area contributed by atoms with E-state index in [1.165, 1.54) is 48.3 Å². The van der Waals surface area contributed by atoms with Crippen LogP contribution in [-0.4, -0.2) is 18.3 Å². The molecule has 2 rings (SSSR count). The minimum absolute atomic E-state index is 0.679. The van der Waals surface area contributed by atoms with Crippen molar-refractivity contribution in [2.75, 3.05) is 12.3 Å². The molecule has 106 valence electrons. The maximum absolute atomic E-state index is 3.67. The summed E-state index contributed by atoms with van der Waals surface area (Å²) in [7, 11) is 0. The van der Waals surface area contributed by atoms with Crippen molar-refractivity contribution in [3.63, 3.8) is 0 Å². The van der Waals surface area contributed by atoms with Gasteiger partial charge in [-0.05, 0) is 37.9 Å². The Morgan fingerprint density at radius 3 is 2.79 bits per heavy atom. The smallest absolute Gasteiger partial charge is 0.0164 e. The van der Waals surface area contributed by atoms with Crippen LogP contribution in [0.2, 0.25) is 0 Å². The third-order valence-corrected chi connectivity index (χ3v) is 5.18. The van der Waals surface area contributed by atoms with Gasteiger partial charge in [0.1, 0.15) is 0 Å². The van der Waals surface area contributed by atoms with Gasteiger partial charge in [-0.25, -0.2) is 0 Å². The minimum Gasteiger partial charge on any atom is -0.313 e. The second-order valence-corrected chi connectivity index (χ2v) is 6.86. The van der Waals surface area contributed by atoms with Crippen molar-refractivity contribution in [2.45, 2.75) is 56.9 Å². The molecular formula is C17H27NS. The molecule has 0 heterocycles. The fourth-order valence-electron chi connectivity index (χ4n) is 3.05. The van der Waals surface area contributed by atoms with Gasteiger partial charge in [-0.1, -0.05) is 50.3 Å². The molecule has 0 radical (unpaired) electrons. The summed E-state index contributed by atoms with van der Waals surface area (Å²) in [6.45, 7) is 5.48. The molecule has 0 saturated heterocycles. The summed E-state index contributed by atoms with van der Waals surface area (Å²) < 4.78 is 0. The molecule has 0 spiro atoms. The van der Waals surface area contributed by atoms with Gasteiger partial charge in [0.15, 0.2) is 0 Å². The van der Waals surface area contributed by atoms with Crippen LogP contribution in [0.25, 0.3) is 0 Å². The van der Waals surface area contributed by atoms with E-state index in [0.717, 1.165) is 12.5 Å². The average Bonchev–Trinajstić information content (AvgIpc) is 2.89. The highest BCUT2D eigenvalue weighted by Crippen LogP contribution is 2.30. The number of thioether (sulfide) groups is 1. The highest BCUT2D eigenvalue weighted by Gasteiger charge is 2.19. The Morgan fingerprint density at radius 1 is 1.32 bits per heavy atom. The summed E-state index contributed by atoms with van der Waals surface area (Å²) in [5.74, 6) is 2.18. The van der Waals surface area contributed by atoms with E-state index >= 15 is 0 Å². The zero-order valence-corrected chi connectivity index (χ0v) is 13.1. The van der Waals surface area contributed by atoms with E-state index < -0.39 is 0 Å². The van der Waals surface area contributed by atoms with Gasteiger partial charge in [-0.3, -0.25) is 0 Å². The van der Waals surface area contributed by atoms with E-state index in [-0.39, 0.29) is 0 Å². The first-order valence-corrected chi connectivity index (χ1v) is 8.69. The van der Waals surface area contributed by atoms with Crippen LogP contribution in [0.15, 0.2) is 29.2 Å². The minimum atomic E-state index is 0.679. The van der Waals surface area contributed by atoms with Crippen molar-refractivity contribution < 1.29 is 0 Å². The van der Waals surface area contributed by atoms with Crippen molar-refractivity contribution in [2.24, 2.45) is 5.92 Å². The van der Waals surface area contributed by atoms with Gasteiger partial charge in [0.25, 0.3) is 0 Å². The summed E-state index contributed by atoms with van der Waals surface area (Å²) in [6.07, 6.45) is 7.18. The molecule has 1 nitrogen and oxygen atoms in total. The third-order valence-electron chi connectivity index (χ3n) is 4.03. The maximum Gasteiger partial charge on any atom is 0.0164 e.